The summed E-state index contributed by atoms with van der Waals surface area (Å²) in [5.41, 5.74) is 11.9. The van der Waals surface area contributed by atoms with Crippen LogP contribution in [0.1, 0.15) is 118 Å². The molecule has 9 rings (SSSR count). The summed E-state index contributed by atoms with van der Waals surface area (Å²) in [5, 5.41) is 2.36. The van der Waals surface area contributed by atoms with Gasteiger partial charge in [-0.2, -0.15) is 6.07 Å². The van der Waals surface area contributed by atoms with E-state index in [4.69, 9.17) is 19.5 Å². The van der Waals surface area contributed by atoms with Crippen molar-refractivity contribution in [2.45, 2.75) is 97.6 Å². The largest absolute Gasteiger partial charge is 2.00 e. The molecule has 0 unspecified atom stereocenters. The van der Waals surface area contributed by atoms with Crippen molar-refractivity contribution in [3.05, 3.63) is 165 Å². The van der Waals surface area contributed by atoms with Crippen molar-refractivity contribution >= 4 is 27.7 Å². The second-order valence-electron chi connectivity index (χ2n) is 18.2. The van der Waals surface area contributed by atoms with Crippen LogP contribution in [0.2, 0.25) is 0 Å². The molecule has 290 valence electrons. The smallest absolute Gasteiger partial charge is 0.510 e. The van der Waals surface area contributed by atoms with Gasteiger partial charge in [-0.15, -0.1) is 28.6 Å². The van der Waals surface area contributed by atoms with E-state index in [2.05, 4.69) is 171 Å². The number of pyridine rings is 1. The second kappa shape index (κ2) is 13.8. The van der Waals surface area contributed by atoms with E-state index in [1.165, 1.54) is 33.2 Å². The summed E-state index contributed by atoms with van der Waals surface area (Å²) < 4.78 is 16.0. The van der Waals surface area contributed by atoms with Crippen LogP contribution < -0.4 is 4.74 Å². The number of fused-ring (bicyclic) bond motifs is 5. The van der Waals surface area contributed by atoms with Crippen LogP contribution in [0, 0.1) is 26.0 Å². The molecule has 0 radical (unpaired) electrons. The molecule has 5 nitrogen and oxygen atoms in total. The van der Waals surface area contributed by atoms with Crippen LogP contribution >= 0.6 is 0 Å². The molecule has 0 saturated heterocycles. The summed E-state index contributed by atoms with van der Waals surface area (Å²) in [6, 6.07) is 41.3. The summed E-state index contributed by atoms with van der Waals surface area (Å²) in [7, 11) is 0. The minimum absolute atomic E-state index is 0. The molecule has 0 spiro atoms. The molecule has 2 aliphatic heterocycles. The predicted molar refractivity (Wildman–Crippen MR) is 228 cm³/mol. The number of aliphatic imine (C=N–C) groups is 1. The first-order chi connectivity index (χ1) is 26.6. The van der Waals surface area contributed by atoms with Crippen LogP contribution in [0.15, 0.2) is 108 Å². The van der Waals surface area contributed by atoms with Gasteiger partial charge in [-0.05, 0) is 57.0 Å². The Hall–Kier alpha value is -4.99. The van der Waals surface area contributed by atoms with Crippen molar-refractivity contribution in [3.8, 4) is 17.3 Å². The molecular weight excluding hydrogens is 882 g/mol. The Morgan fingerprint density at radius 3 is 2.05 bits per heavy atom. The third-order valence-corrected chi connectivity index (χ3v) is 11.8. The molecule has 6 heteroatoms. The van der Waals surface area contributed by atoms with Gasteiger partial charge in [-0.1, -0.05) is 158 Å². The van der Waals surface area contributed by atoms with Crippen molar-refractivity contribution in [2.24, 2.45) is 4.99 Å². The van der Waals surface area contributed by atoms with Gasteiger partial charge >= 0.3 is 21.1 Å². The molecule has 2 atom stereocenters. The molecule has 0 bridgehead atoms. The maximum atomic E-state index is 6.90. The molecule has 2 aliphatic rings. The van der Waals surface area contributed by atoms with Crippen LogP contribution in [0.3, 0.4) is 0 Å². The van der Waals surface area contributed by atoms with E-state index in [-0.39, 0.29) is 49.5 Å². The first kappa shape index (κ1) is 38.9. The van der Waals surface area contributed by atoms with Crippen LogP contribution in [-0.2, 0) is 42.0 Å². The van der Waals surface area contributed by atoms with Crippen LogP contribution in [0.25, 0.3) is 27.6 Å². The van der Waals surface area contributed by atoms with Gasteiger partial charge in [-0.3, -0.25) is 4.99 Å². The Kier molecular flexibility index (Phi) is 9.44. The Labute approximate surface area is 351 Å². The third-order valence-electron chi connectivity index (χ3n) is 11.8. The number of hydrogen-bond donors (Lipinski definition) is 0. The zero-order valence-electron chi connectivity index (χ0n) is 34.4. The number of rotatable bonds is 5. The van der Waals surface area contributed by atoms with Gasteiger partial charge in [0.05, 0.1) is 0 Å². The van der Waals surface area contributed by atoms with Crippen molar-refractivity contribution in [1.82, 2.24) is 9.55 Å². The second-order valence-corrected chi connectivity index (χ2v) is 18.2. The summed E-state index contributed by atoms with van der Waals surface area (Å²) in [6.07, 6.45) is 1.66. The van der Waals surface area contributed by atoms with E-state index < -0.39 is 0 Å². The fraction of sp³-hybridized carbons (Fsp3) is 0.294. The van der Waals surface area contributed by atoms with Crippen molar-refractivity contribution < 1.29 is 30.5 Å². The Morgan fingerprint density at radius 2 is 1.39 bits per heavy atom. The first-order valence-electron chi connectivity index (χ1n) is 19.7. The molecule has 0 fully saturated rings. The predicted octanol–water partition coefficient (Wildman–Crippen LogP) is 12.7. The Bertz CT molecular complexity index is 2710. The Balaban J connectivity index is 0.00000455. The minimum atomic E-state index is -0.267. The number of aryl methyl sites for hydroxylation is 2. The number of nitrogens with zero attached hydrogens (tertiary/aromatic N) is 3. The number of hydrogen-bond acceptors (Lipinski definition) is 4. The molecular formula is C51H49N3O2Pt. The van der Waals surface area contributed by atoms with Gasteiger partial charge in [0.25, 0.3) is 0 Å². The molecule has 57 heavy (non-hydrogen) atoms. The van der Waals surface area contributed by atoms with Crippen LogP contribution in [-0.4, -0.2) is 15.4 Å². The maximum Gasteiger partial charge on any atom is 2.00 e. The van der Waals surface area contributed by atoms with Crippen LogP contribution in [0.5, 0.6) is 11.5 Å². The van der Waals surface area contributed by atoms with E-state index in [1.807, 2.05) is 18.3 Å². The van der Waals surface area contributed by atoms with Gasteiger partial charge in [-0.25, -0.2) is 4.98 Å². The van der Waals surface area contributed by atoms with E-state index in [0.29, 0.717) is 17.4 Å². The van der Waals surface area contributed by atoms with Gasteiger partial charge in [0, 0.05) is 34.2 Å². The van der Waals surface area contributed by atoms with Crippen molar-refractivity contribution in [1.29, 1.82) is 0 Å². The monoisotopic (exact) mass is 930 g/mol. The van der Waals surface area contributed by atoms with Gasteiger partial charge in [0.2, 0.25) is 0 Å². The van der Waals surface area contributed by atoms with Gasteiger partial charge in [0.1, 0.15) is 23.9 Å². The zero-order valence-corrected chi connectivity index (χ0v) is 36.7. The normalized spacial score (nSPS) is 17.2. The standard InChI is InChI=1S/C51H49N3O2.Pt/c1-30-21-22-52-47-43(30)51(9,10)40-28-36(50(6,7)8)27-39-38-23-31(2)42(29-41(38)54(47)45(39)40)55-37-25-34(24-35(26-37)49(3,4)5)48-53-44(32-17-13-11-14-18-32)46(56-48)33-19-15-12-16-20-33;/h11-24,26-28,44,46H,1-10H3;/q-2;+2/t44-,46-;/m1./s1. The molecule has 7 aromatic rings. The molecule has 4 heterocycles. The summed E-state index contributed by atoms with van der Waals surface area (Å²) in [5.74, 6) is 2.76. The number of aromatic nitrogens is 2. The van der Waals surface area contributed by atoms with Gasteiger partial charge < -0.3 is 14.0 Å². The molecule has 0 saturated carbocycles. The van der Waals surface area contributed by atoms with Crippen molar-refractivity contribution in [2.75, 3.05) is 0 Å². The number of benzene rings is 5. The van der Waals surface area contributed by atoms with Gasteiger partial charge in [0.15, 0.2) is 0 Å². The number of ether oxygens (including phenoxy) is 2. The Morgan fingerprint density at radius 1 is 0.737 bits per heavy atom. The van der Waals surface area contributed by atoms with E-state index in [1.54, 1.807) is 0 Å². The zero-order chi connectivity index (χ0) is 39.3. The molecule has 0 aliphatic carbocycles. The fourth-order valence-corrected chi connectivity index (χ4v) is 8.64. The fourth-order valence-electron chi connectivity index (χ4n) is 8.64. The summed E-state index contributed by atoms with van der Waals surface area (Å²) in [4.78, 5) is 10.3. The average molecular weight is 931 g/mol. The van der Waals surface area contributed by atoms with E-state index in [9.17, 15) is 0 Å². The van der Waals surface area contributed by atoms with E-state index >= 15 is 0 Å². The quantitative estimate of drug-likeness (QED) is 0.162. The average Bonchev–Trinajstić information content (AvgIpc) is 3.74. The van der Waals surface area contributed by atoms with Crippen LogP contribution in [0.4, 0.5) is 0 Å². The third kappa shape index (κ3) is 6.53. The molecule has 0 N–H and O–H groups in total. The summed E-state index contributed by atoms with van der Waals surface area (Å²) >= 11 is 0. The topological polar surface area (TPSA) is 48.6 Å². The molecule has 2 aromatic heterocycles. The molecule has 5 aromatic carbocycles. The minimum Gasteiger partial charge on any atom is -0.510 e. The SMILES string of the molecule is Cc1cc2c3cc(C(C)(C)C)cc4c3n(c2[c-]c1Oc1[c-]c(C2=N[C@H](c3ccccc3)[C@@H](c3ccccc3)O2)cc(C(C)(C)C)c1)-c1nccc(C)c1C4(C)C.[Pt+2]. The maximum absolute atomic E-state index is 6.90. The molecule has 0 amide bonds. The first-order valence-corrected chi connectivity index (χ1v) is 19.7. The van der Waals surface area contributed by atoms with E-state index in [0.717, 1.165) is 44.5 Å². The van der Waals surface area contributed by atoms with Crippen molar-refractivity contribution in [3.63, 3.8) is 0 Å². The summed E-state index contributed by atoms with van der Waals surface area (Å²) in [6.45, 7) is 22.5.